The summed E-state index contributed by atoms with van der Waals surface area (Å²) in [7, 11) is 0. The van der Waals surface area contributed by atoms with E-state index in [0.29, 0.717) is 11.9 Å². The highest BCUT2D eigenvalue weighted by molar-refractivity contribution is 5.64. The third kappa shape index (κ3) is 1.68. The SMILES string of the molecule is CC(N)c1nnc(N2CCc3ccccc32)o1. The lowest BCUT2D eigenvalue weighted by atomic mass is 10.2. The van der Waals surface area contributed by atoms with Crippen LogP contribution in [0.2, 0.25) is 0 Å². The van der Waals surface area contributed by atoms with Gasteiger partial charge in [-0.25, -0.2) is 0 Å². The van der Waals surface area contributed by atoms with Gasteiger partial charge in [0.2, 0.25) is 5.89 Å². The van der Waals surface area contributed by atoms with Crippen LogP contribution in [0.4, 0.5) is 11.7 Å². The Balaban J connectivity index is 1.95. The summed E-state index contributed by atoms with van der Waals surface area (Å²) >= 11 is 0. The first-order chi connectivity index (χ1) is 8.25. The fourth-order valence-corrected chi connectivity index (χ4v) is 2.06. The standard InChI is InChI=1S/C12H14N4O/c1-8(13)11-14-15-12(17-11)16-7-6-9-4-2-3-5-10(9)16/h2-5,8H,6-7,13H2,1H3. The summed E-state index contributed by atoms with van der Waals surface area (Å²) in [5.74, 6) is 0.476. The molecule has 0 bridgehead atoms. The third-order valence-electron chi connectivity index (χ3n) is 2.94. The molecule has 0 radical (unpaired) electrons. The predicted molar refractivity (Wildman–Crippen MR) is 64.1 cm³/mol. The van der Waals surface area contributed by atoms with Gasteiger partial charge in [-0.2, -0.15) is 0 Å². The lowest BCUT2D eigenvalue weighted by Crippen LogP contribution is -2.13. The van der Waals surface area contributed by atoms with Gasteiger partial charge >= 0.3 is 6.01 Å². The molecule has 2 heterocycles. The molecule has 1 aliphatic rings. The number of benzene rings is 1. The van der Waals surface area contributed by atoms with E-state index in [9.17, 15) is 0 Å². The van der Waals surface area contributed by atoms with Crippen molar-refractivity contribution < 1.29 is 4.42 Å². The molecule has 2 N–H and O–H groups in total. The van der Waals surface area contributed by atoms with Gasteiger partial charge in [0.1, 0.15) is 0 Å². The van der Waals surface area contributed by atoms with Crippen molar-refractivity contribution in [3.8, 4) is 0 Å². The van der Waals surface area contributed by atoms with Gasteiger partial charge in [-0.3, -0.25) is 4.90 Å². The molecule has 5 nitrogen and oxygen atoms in total. The van der Waals surface area contributed by atoms with Gasteiger partial charge in [0.25, 0.3) is 0 Å². The van der Waals surface area contributed by atoms with Crippen LogP contribution in [0.3, 0.4) is 0 Å². The molecule has 1 unspecified atom stereocenters. The minimum absolute atomic E-state index is 0.228. The molecule has 0 saturated heterocycles. The van der Waals surface area contributed by atoms with Crippen molar-refractivity contribution >= 4 is 11.7 Å². The lowest BCUT2D eigenvalue weighted by Gasteiger charge is -2.13. The van der Waals surface area contributed by atoms with Crippen LogP contribution in [0, 0.1) is 0 Å². The molecule has 5 heteroatoms. The molecule has 88 valence electrons. The Morgan fingerprint density at radius 3 is 2.94 bits per heavy atom. The highest BCUT2D eigenvalue weighted by Gasteiger charge is 2.24. The first-order valence-corrected chi connectivity index (χ1v) is 5.70. The van der Waals surface area contributed by atoms with Crippen LogP contribution in [-0.2, 0) is 6.42 Å². The number of hydrogen-bond donors (Lipinski definition) is 1. The van der Waals surface area contributed by atoms with Crippen LogP contribution in [0.15, 0.2) is 28.7 Å². The Morgan fingerprint density at radius 2 is 2.18 bits per heavy atom. The lowest BCUT2D eigenvalue weighted by molar-refractivity contribution is 0.465. The van der Waals surface area contributed by atoms with E-state index in [-0.39, 0.29) is 6.04 Å². The maximum atomic E-state index is 5.71. The number of para-hydroxylation sites is 1. The minimum atomic E-state index is -0.228. The summed E-state index contributed by atoms with van der Waals surface area (Å²) in [5, 5.41) is 8.00. The van der Waals surface area contributed by atoms with E-state index >= 15 is 0 Å². The summed E-state index contributed by atoms with van der Waals surface area (Å²) in [6.45, 7) is 2.70. The Hall–Kier alpha value is -1.88. The normalized spacial score (nSPS) is 16.0. The molecule has 1 aliphatic heterocycles. The van der Waals surface area contributed by atoms with Crippen molar-refractivity contribution in [2.45, 2.75) is 19.4 Å². The second kappa shape index (κ2) is 3.85. The van der Waals surface area contributed by atoms with Crippen LogP contribution in [-0.4, -0.2) is 16.7 Å². The zero-order chi connectivity index (χ0) is 11.8. The average molecular weight is 230 g/mol. The number of nitrogens with two attached hydrogens (primary N) is 1. The number of nitrogens with zero attached hydrogens (tertiary/aromatic N) is 3. The van der Waals surface area contributed by atoms with Crippen molar-refractivity contribution in [2.24, 2.45) is 5.73 Å². The molecule has 3 rings (SSSR count). The summed E-state index contributed by atoms with van der Waals surface area (Å²) in [4.78, 5) is 2.04. The van der Waals surface area contributed by atoms with Gasteiger partial charge in [0.05, 0.1) is 6.04 Å². The van der Waals surface area contributed by atoms with Gasteiger partial charge in [-0.05, 0) is 25.0 Å². The maximum Gasteiger partial charge on any atom is 0.322 e. The molecule has 0 saturated carbocycles. The topological polar surface area (TPSA) is 68.2 Å². The highest BCUT2D eigenvalue weighted by atomic mass is 16.4. The second-order valence-corrected chi connectivity index (χ2v) is 4.24. The average Bonchev–Trinajstić information content (AvgIpc) is 2.95. The first-order valence-electron chi connectivity index (χ1n) is 5.70. The van der Waals surface area contributed by atoms with Crippen LogP contribution < -0.4 is 10.6 Å². The fraction of sp³-hybridized carbons (Fsp3) is 0.333. The van der Waals surface area contributed by atoms with E-state index in [1.165, 1.54) is 5.56 Å². The van der Waals surface area contributed by atoms with E-state index in [4.69, 9.17) is 10.2 Å². The van der Waals surface area contributed by atoms with Crippen molar-refractivity contribution in [3.05, 3.63) is 35.7 Å². The minimum Gasteiger partial charge on any atom is -0.406 e. The molecule has 1 atom stereocenters. The molecule has 0 spiro atoms. The highest BCUT2D eigenvalue weighted by Crippen LogP contribution is 2.33. The van der Waals surface area contributed by atoms with Crippen LogP contribution in [0.1, 0.15) is 24.4 Å². The number of anilines is 2. The zero-order valence-corrected chi connectivity index (χ0v) is 9.63. The monoisotopic (exact) mass is 230 g/mol. The summed E-state index contributed by atoms with van der Waals surface area (Å²) < 4.78 is 5.56. The third-order valence-corrected chi connectivity index (χ3v) is 2.94. The van der Waals surface area contributed by atoms with E-state index in [2.05, 4.69) is 22.3 Å². The van der Waals surface area contributed by atoms with Crippen molar-refractivity contribution in [2.75, 3.05) is 11.4 Å². The van der Waals surface area contributed by atoms with Gasteiger partial charge in [0, 0.05) is 12.2 Å². The van der Waals surface area contributed by atoms with Crippen molar-refractivity contribution in [3.63, 3.8) is 0 Å². The van der Waals surface area contributed by atoms with Gasteiger partial charge < -0.3 is 10.2 Å². The number of aromatic nitrogens is 2. The molecular formula is C12H14N4O. The molecule has 2 aromatic rings. The predicted octanol–water partition coefficient (Wildman–Crippen LogP) is 1.78. The van der Waals surface area contributed by atoms with Crippen molar-refractivity contribution in [1.29, 1.82) is 0 Å². The summed E-state index contributed by atoms with van der Waals surface area (Å²) in [6.07, 6.45) is 1.01. The molecule has 1 aromatic heterocycles. The summed E-state index contributed by atoms with van der Waals surface area (Å²) in [6, 6.07) is 8.55. The molecule has 0 fully saturated rings. The summed E-state index contributed by atoms with van der Waals surface area (Å²) in [5.41, 5.74) is 8.16. The fourth-order valence-electron chi connectivity index (χ4n) is 2.06. The Morgan fingerprint density at radius 1 is 1.35 bits per heavy atom. The van der Waals surface area contributed by atoms with Crippen LogP contribution in [0.25, 0.3) is 0 Å². The number of fused-ring (bicyclic) bond motifs is 1. The Labute approximate surface area is 99.2 Å². The molecule has 1 aromatic carbocycles. The van der Waals surface area contributed by atoms with Gasteiger partial charge in [0.15, 0.2) is 0 Å². The molecular weight excluding hydrogens is 216 g/mol. The Kier molecular flexibility index (Phi) is 2.33. The van der Waals surface area contributed by atoms with E-state index in [0.717, 1.165) is 18.7 Å². The van der Waals surface area contributed by atoms with E-state index in [1.807, 2.05) is 24.0 Å². The molecule has 17 heavy (non-hydrogen) atoms. The molecule has 0 amide bonds. The quantitative estimate of drug-likeness (QED) is 0.851. The second-order valence-electron chi connectivity index (χ2n) is 4.24. The zero-order valence-electron chi connectivity index (χ0n) is 9.63. The largest absolute Gasteiger partial charge is 0.406 e. The number of rotatable bonds is 2. The first kappa shape index (κ1) is 10.3. The van der Waals surface area contributed by atoms with Crippen molar-refractivity contribution in [1.82, 2.24) is 10.2 Å². The van der Waals surface area contributed by atoms with Crippen LogP contribution in [0.5, 0.6) is 0 Å². The molecule has 0 aliphatic carbocycles. The smallest absolute Gasteiger partial charge is 0.322 e. The van der Waals surface area contributed by atoms with Gasteiger partial charge in [-0.1, -0.05) is 23.3 Å². The van der Waals surface area contributed by atoms with Gasteiger partial charge in [-0.15, -0.1) is 5.10 Å². The Bertz CT molecular complexity index is 535. The van der Waals surface area contributed by atoms with E-state index in [1.54, 1.807) is 0 Å². The maximum absolute atomic E-state index is 5.71. The van der Waals surface area contributed by atoms with Crippen LogP contribution >= 0.6 is 0 Å². The van der Waals surface area contributed by atoms with E-state index < -0.39 is 0 Å². The number of hydrogen-bond acceptors (Lipinski definition) is 5.